The van der Waals surface area contributed by atoms with E-state index in [4.69, 9.17) is 14.2 Å². The van der Waals surface area contributed by atoms with Crippen molar-refractivity contribution in [3.63, 3.8) is 0 Å². The highest BCUT2D eigenvalue weighted by Gasteiger charge is 2.16. The van der Waals surface area contributed by atoms with E-state index in [9.17, 15) is 0 Å². The van der Waals surface area contributed by atoms with Gasteiger partial charge in [0.1, 0.15) is 19.0 Å². The molecule has 0 spiro atoms. The van der Waals surface area contributed by atoms with Gasteiger partial charge in [0.2, 0.25) is 5.88 Å². The predicted octanol–water partition coefficient (Wildman–Crippen LogP) is 4.06. The Kier molecular flexibility index (Phi) is 6.01. The van der Waals surface area contributed by atoms with Crippen molar-refractivity contribution in [2.45, 2.75) is 13.2 Å². The molecular formula is C23H22N4O3. The third-order valence-electron chi connectivity index (χ3n) is 4.55. The molecule has 0 N–H and O–H groups in total. The summed E-state index contributed by atoms with van der Waals surface area (Å²) in [4.78, 5) is 4.30. The Morgan fingerprint density at radius 2 is 1.63 bits per heavy atom. The monoisotopic (exact) mass is 402 g/mol. The molecule has 7 nitrogen and oxygen atoms in total. The molecule has 0 bridgehead atoms. The first kappa shape index (κ1) is 19.6. The molecule has 4 aromatic rings. The molecule has 0 unspecified atom stereocenters. The molecule has 0 saturated heterocycles. The molecule has 2 heterocycles. The molecular weight excluding hydrogens is 380 g/mol. The Balaban J connectivity index is 1.60. The molecule has 4 rings (SSSR count). The molecule has 152 valence electrons. The lowest BCUT2D eigenvalue weighted by Gasteiger charge is -2.11. The largest absolute Gasteiger partial charge is 0.489 e. The van der Waals surface area contributed by atoms with Gasteiger partial charge in [-0.2, -0.15) is 0 Å². The van der Waals surface area contributed by atoms with Crippen molar-refractivity contribution >= 4 is 0 Å². The van der Waals surface area contributed by atoms with Gasteiger partial charge in [-0.3, -0.25) is 4.57 Å². The first-order valence-corrected chi connectivity index (χ1v) is 9.49. The maximum absolute atomic E-state index is 5.88. The van der Waals surface area contributed by atoms with Crippen LogP contribution in [0.4, 0.5) is 0 Å². The van der Waals surface area contributed by atoms with E-state index in [0.29, 0.717) is 30.7 Å². The van der Waals surface area contributed by atoms with E-state index in [1.54, 1.807) is 26.5 Å². The third kappa shape index (κ3) is 4.31. The van der Waals surface area contributed by atoms with Gasteiger partial charge < -0.3 is 14.2 Å². The Morgan fingerprint density at radius 1 is 0.833 bits per heavy atom. The fraction of sp³-hybridized carbons (Fsp3) is 0.174. The van der Waals surface area contributed by atoms with E-state index in [0.717, 1.165) is 22.6 Å². The molecule has 0 radical (unpaired) electrons. The van der Waals surface area contributed by atoms with Crippen molar-refractivity contribution in [3.8, 4) is 28.7 Å². The molecule has 2 aromatic carbocycles. The van der Waals surface area contributed by atoms with E-state index in [1.165, 1.54) is 0 Å². The van der Waals surface area contributed by atoms with Crippen molar-refractivity contribution in [3.05, 3.63) is 84.3 Å². The van der Waals surface area contributed by atoms with Crippen molar-refractivity contribution in [1.29, 1.82) is 0 Å². The van der Waals surface area contributed by atoms with Crippen LogP contribution >= 0.6 is 0 Å². The minimum absolute atomic E-state index is 0.331. The van der Waals surface area contributed by atoms with Crippen LogP contribution in [-0.4, -0.2) is 34.0 Å². The van der Waals surface area contributed by atoms with Crippen LogP contribution in [0.5, 0.6) is 11.6 Å². The molecule has 0 aliphatic rings. The summed E-state index contributed by atoms with van der Waals surface area (Å²) in [6.07, 6.45) is 1.72. The van der Waals surface area contributed by atoms with Gasteiger partial charge >= 0.3 is 0 Å². The van der Waals surface area contributed by atoms with Crippen LogP contribution in [0, 0.1) is 0 Å². The van der Waals surface area contributed by atoms with Gasteiger partial charge in [-0.15, -0.1) is 10.2 Å². The number of nitrogens with zero attached hydrogens (tertiary/aromatic N) is 4. The number of methoxy groups -OCH3 is 2. The van der Waals surface area contributed by atoms with Gasteiger partial charge in [-0.1, -0.05) is 30.3 Å². The summed E-state index contributed by atoms with van der Waals surface area (Å²) in [6.45, 7) is 0.850. The van der Waals surface area contributed by atoms with Gasteiger partial charge in [-0.25, -0.2) is 4.98 Å². The Hall–Kier alpha value is -3.71. The molecule has 30 heavy (non-hydrogen) atoms. The Labute approximate surface area is 174 Å². The molecule has 0 aliphatic heterocycles. The average Bonchev–Trinajstić information content (AvgIpc) is 3.22. The summed E-state index contributed by atoms with van der Waals surface area (Å²) in [5.41, 5.74) is 2.86. The minimum atomic E-state index is 0.331. The summed E-state index contributed by atoms with van der Waals surface area (Å²) in [5.74, 6) is 2.71. The number of pyridine rings is 1. The normalized spacial score (nSPS) is 10.7. The van der Waals surface area contributed by atoms with Crippen LogP contribution in [0.25, 0.3) is 17.1 Å². The van der Waals surface area contributed by atoms with Crippen LogP contribution in [0.2, 0.25) is 0 Å². The van der Waals surface area contributed by atoms with Crippen LogP contribution in [0.15, 0.2) is 72.9 Å². The second-order valence-corrected chi connectivity index (χ2v) is 6.57. The molecule has 7 heteroatoms. The van der Waals surface area contributed by atoms with Gasteiger partial charge in [0.25, 0.3) is 0 Å². The first-order chi connectivity index (χ1) is 14.8. The van der Waals surface area contributed by atoms with Crippen molar-refractivity contribution in [2.24, 2.45) is 0 Å². The van der Waals surface area contributed by atoms with Gasteiger partial charge in [-0.05, 0) is 35.9 Å². The molecule has 0 amide bonds. The van der Waals surface area contributed by atoms with Crippen molar-refractivity contribution in [2.75, 3.05) is 14.2 Å². The SMILES string of the molecule is COCc1nnc(-c2ccc(OCc3ccccc3)cc2)n1-c1ccc(OC)nc1. The first-order valence-electron chi connectivity index (χ1n) is 9.49. The number of ether oxygens (including phenoxy) is 3. The lowest BCUT2D eigenvalue weighted by Crippen LogP contribution is -2.05. The zero-order valence-corrected chi connectivity index (χ0v) is 16.9. The van der Waals surface area contributed by atoms with Crippen LogP contribution in [-0.2, 0) is 18.0 Å². The highest BCUT2D eigenvalue weighted by molar-refractivity contribution is 5.59. The van der Waals surface area contributed by atoms with Gasteiger partial charge in [0.05, 0.1) is 19.0 Å². The van der Waals surface area contributed by atoms with Crippen molar-refractivity contribution < 1.29 is 14.2 Å². The lowest BCUT2D eigenvalue weighted by molar-refractivity contribution is 0.176. The lowest BCUT2D eigenvalue weighted by atomic mass is 10.2. The van der Waals surface area contributed by atoms with E-state index in [1.807, 2.05) is 65.2 Å². The second kappa shape index (κ2) is 9.19. The topological polar surface area (TPSA) is 71.3 Å². The summed E-state index contributed by atoms with van der Waals surface area (Å²) < 4.78 is 18.3. The number of aromatic nitrogens is 4. The zero-order valence-electron chi connectivity index (χ0n) is 16.9. The van der Waals surface area contributed by atoms with E-state index in [-0.39, 0.29) is 0 Å². The minimum Gasteiger partial charge on any atom is -0.489 e. The average molecular weight is 402 g/mol. The van der Waals surface area contributed by atoms with E-state index >= 15 is 0 Å². The molecule has 2 aromatic heterocycles. The maximum Gasteiger partial charge on any atom is 0.213 e. The highest BCUT2D eigenvalue weighted by atomic mass is 16.5. The standard InChI is InChI=1S/C23H22N4O3/c1-28-16-21-25-26-23(27(21)19-10-13-22(29-2)24-14-19)18-8-11-20(12-9-18)30-15-17-6-4-3-5-7-17/h3-14H,15-16H2,1-2H3. The van der Waals surface area contributed by atoms with Crippen LogP contribution < -0.4 is 9.47 Å². The number of hydrogen-bond donors (Lipinski definition) is 0. The van der Waals surface area contributed by atoms with Crippen LogP contribution in [0.1, 0.15) is 11.4 Å². The number of hydrogen-bond acceptors (Lipinski definition) is 6. The Bertz CT molecular complexity index is 1080. The molecule has 0 aliphatic carbocycles. The predicted molar refractivity (Wildman–Crippen MR) is 113 cm³/mol. The van der Waals surface area contributed by atoms with Crippen LogP contribution in [0.3, 0.4) is 0 Å². The Morgan fingerprint density at radius 3 is 2.30 bits per heavy atom. The quantitative estimate of drug-likeness (QED) is 0.443. The second-order valence-electron chi connectivity index (χ2n) is 6.57. The maximum atomic E-state index is 5.88. The highest BCUT2D eigenvalue weighted by Crippen LogP contribution is 2.26. The van der Waals surface area contributed by atoms with Crippen molar-refractivity contribution in [1.82, 2.24) is 19.7 Å². The summed E-state index contributed by atoms with van der Waals surface area (Å²) in [7, 11) is 3.22. The number of benzene rings is 2. The summed E-state index contributed by atoms with van der Waals surface area (Å²) in [6, 6.07) is 21.6. The fourth-order valence-corrected chi connectivity index (χ4v) is 3.06. The smallest absolute Gasteiger partial charge is 0.213 e. The molecule has 0 fully saturated rings. The van der Waals surface area contributed by atoms with E-state index in [2.05, 4.69) is 15.2 Å². The molecule has 0 atom stereocenters. The van der Waals surface area contributed by atoms with Gasteiger partial charge in [0.15, 0.2) is 11.6 Å². The number of rotatable bonds is 8. The summed E-state index contributed by atoms with van der Waals surface area (Å²) >= 11 is 0. The summed E-state index contributed by atoms with van der Waals surface area (Å²) in [5, 5.41) is 8.68. The zero-order chi connectivity index (χ0) is 20.8. The third-order valence-corrected chi connectivity index (χ3v) is 4.55. The fourth-order valence-electron chi connectivity index (χ4n) is 3.06. The molecule has 0 saturated carbocycles. The van der Waals surface area contributed by atoms with E-state index < -0.39 is 0 Å². The van der Waals surface area contributed by atoms with Gasteiger partial charge in [0, 0.05) is 18.7 Å².